The Hall–Kier alpha value is -1.36. The fourth-order valence-corrected chi connectivity index (χ4v) is 1.81. The third kappa shape index (κ3) is 1.74. The number of thioether (sulfide) groups is 1. The van der Waals surface area contributed by atoms with Gasteiger partial charge >= 0.3 is 0 Å². The first-order chi connectivity index (χ1) is 7.11. The fourth-order valence-electron chi connectivity index (χ4n) is 1.40. The molecular weight excluding hydrogens is 210 g/mol. The van der Waals surface area contributed by atoms with Gasteiger partial charge in [-0.25, -0.2) is 9.97 Å². The predicted octanol–water partition coefficient (Wildman–Crippen LogP) is 1.66. The van der Waals surface area contributed by atoms with Crippen LogP contribution < -0.4 is 5.56 Å². The molecule has 15 heavy (non-hydrogen) atoms. The van der Waals surface area contributed by atoms with Crippen molar-refractivity contribution in [2.45, 2.75) is 19.0 Å². The molecule has 0 atom stereocenters. The average molecular weight is 221 g/mol. The van der Waals surface area contributed by atoms with Crippen molar-refractivity contribution in [1.29, 1.82) is 0 Å². The molecule has 0 aliphatic carbocycles. The molecule has 5 heteroatoms. The summed E-state index contributed by atoms with van der Waals surface area (Å²) in [6.07, 6.45) is 1.91. The molecule has 4 nitrogen and oxygen atoms in total. The lowest BCUT2D eigenvalue weighted by atomic mass is 10.2. The molecule has 1 N–H and O–H groups in total. The van der Waals surface area contributed by atoms with E-state index in [1.165, 1.54) is 11.8 Å². The normalized spacial score (nSPS) is 10.9. The van der Waals surface area contributed by atoms with Crippen LogP contribution in [0.1, 0.15) is 11.3 Å². The van der Waals surface area contributed by atoms with Gasteiger partial charge in [-0.2, -0.15) is 0 Å². The Balaban J connectivity index is 2.86. The average Bonchev–Trinajstić information content (AvgIpc) is 2.21. The van der Waals surface area contributed by atoms with Crippen molar-refractivity contribution in [3.63, 3.8) is 0 Å². The Morgan fingerprint density at radius 1 is 1.33 bits per heavy atom. The number of aromatic amines is 1. The quantitative estimate of drug-likeness (QED) is 0.587. The number of H-pyrrole nitrogens is 1. The van der Waals surface area contributed by atoms with E-state index < -0.39 is 0 Å². The highest BCUT2D eigenvalue weighted by Crippen LogP contribution is 2.16. The molecule has 0 aliphatic rings. The summed E-state index contributed by atoms with van der Waals surface area (Å²) in [5.74, 6) is 0. The minimum Gasteiger partial charge on any atom is -0.306 e. The van der Waals surface area contributed by atoms with Gasteiger partial charge < -0.3 is 4.98 Å². The number of aromatic nitrogens is 3. The van der Waals surface area contributed by atoms with Gasteiger partial charge in [0, 0.05) is 10.9 Å². The van der Waals surface area contributed by atoms with Crippen LogP contribution in [0.15, 0.2) is 16.0 Å². The summed E-state index contributed by atoms with van der Waals surface area (Å²) >= 11 is 1.46. The first-order valence-electron chi connectivity index (χ1n) is 4.54. The van der Waals surface area contributed by atoms with Crippen molar-refractivity contribution in [3.8, 4) is 0 Å². The van der Waals surface area contributed by atoms with Crippen LogP contribution in [-0.4, -0.2) is 21.2 Å². The van der Waals surface area contributed by atoms with Crippen molar-refractivity contribution in [2.75, 3.05) is 6.26 Å². The summed E-state index contributed by atoms with van der Waals surface area (Å²) in [6, 6.07) is 1.83. The van der Waals surface area contributed by atoms with Gasteiger partial charge in [-0.05, 0) is 26.2 Å². The largest absolute Gasteiger partial charge is 0.306 e. The highest BCUT2D eigenvalue weighted by atomic mass is 32.2. The molecule has 2 aromatic heterocycles. The Bertz CT molecular complexity index is 577. The van der Waals surface area contributed by atoms with Crippen molar-refractivity contribution >= 4 is 22.8 Å². The highest BCUT2D eigenvalue weighted by molar-refractivity contribution is 7.98. The van der Waals surface area contributed by atoms with Gasteiger partial charge in [-0.15, -0.1) is 0 Å². The zero-order chi connectivity index (χ0) is 11.0. The molecule has 0 unspecified atom stereocenters. The van der Waals surface area contributed by atoms with Crippen LogP contribution >= 0.6 is 11.8 Å². The van der Waals surface area contributed by atoms with E-state index in [9.17, 15) is 4.79 Å². The lowest BCUT2D eigenvalue weighted by molar-refractivity contribution is 0.954. The van der Waals surface area contributed by atoms with Crippen LogP contribution in [0.4, 0.5) is 0 Å². The number of nitrogens with zero attached hydrogens (tertiary/aromatic N) is 2. The maximum Gasteiger partial charge on any atom is 0.252 e. The number of fused-ring (bicyclic) bond motifs is 1. The molecule has 0 aromatic carbocycles. The van der Waals surface area contributed by atoms with E-state index >= 15 is 0 Å². The van der Waals surface area contributed by atoms with Gasteiger partial charge in [0.05, 0.1) is 5.69 Å². The molecule has 0 saturated carbocycles. The van der Waals surface area contributed by atoms with Gasteiger partial charge in [-0.1, -0.05) is 11.8 Å². The van der Waals surface area contributed by atoms with Crippen LogP contribution in [0.25, 0.3) is 11.0 Å². The maximum absolute atomic E-state index is 11.4. The van der Waals surface area contributed by atoms with Gasteiger partial charge in [0.15, 0.2) is 5.16 Å². The molecule has 0 fully saturated rings. The maximum atomic E-state index is 11.4. The third-order valence-electron chi connectivity index (χ3n) is 2.25. The van der Waals surface area contributed by atoms with Gasteiger partial charge in [-0.3, -0.25) is 4.79 Å². The highest BCUT2D eigenvalue weighted by Gasteiger charge is 2.06. The van der Waals surface area contributed by atoms with Crippen molar-refractivity contribution in [1.82, 2.24) is 15.0 Å². The molecule has 0 bridgehead atoms. The number of rotatable bonds is 1. The Morgan fingerprint density at radius 2 is 2.07 bits per heavy atom. The third-order valence-corrected chi connectivity index (χ3v) is 2.80. The van der Waals surface area contributed by atoms with E-state index in [0.717, 1.165) is 11.1 Å². The molecule has 0 amide bonds. The summed E-state index contributed by atoms with van der Waals surface area (Å²) < 4.78 is 0. The summed E-state index contributed by atoms with van der Waals surface area (Å²) in [5, 5.41) is 1.59. The second-order valence-electron chi connectivity index (χ2n) is 3.34. The standard InChI is InChI=1S/C10H11N3OS/c1-5-4-7-6(2)11-10(15-3)13-8(7)12-9(5)14/h4H,1-3H3,(H,11,12,13,14). The molecule has 0 radical (unpaired) electrons. The number of aryl methyl sites for hydroxylation is 2. The van der Waals surface area contributed by atoms with Crippen molar-refractivity contribution < 1.29 is 0 Å². The van der Waals surface area contributed by atoms with E-state index in [-0.39, 0.29) is 5.56 Å². The summed E-state index contributed by atoms with van der Waals surface area (Å²) in [6.45, 7) is 3.70. The molecular formula is C10H11N3OS. The fraction of sp³-hybridized carbons (Fsp3) is 0.300. The number of hydrogen-bond acceptors (Lipinski definition) is 4. The van der Waals surface area contributed by atoms with E-state index in [2.05, 4.69) is 15.0 Å². The van der Waals surface area contributed by atoms with Crippen LogP contribution in [0.3, 0.4) is 0 Å². The molecule has 78 valence electrons. The molecule has 2 aromatic rings. The first kappa shape index (κ1) is 10.2. The number of pyridine rings is 1. The topological polar surface area (TPSA) is 58.6 Å². The van der Waals surface area contributed by atoms with Crippen LogP contribution in [-0.2, 0) is 0 Å². The van der Waals surface area contributed by atoms with E-state index in [4.69, 9.17) is 0 Å². The minimum atomic E-state index is -0.0901. The zero-order valence-corrected chi connectivity index (χ0v) is 9.60. The first-order valence-corrected chi connectivity index (χ1v) is 5.76. The van der Waals surface area contributed by atoms with Crippen molar-refractivity contribution in [3.05, 3.63) is 27.7 Å². The van der Waals surface area contributed by atoms with E-state index in [0.29, 0.717) is 16.4 Å². The molecule has 0 saturated heterocycles. The van der Waals surface area contributed by atoms with Gasteiger partial charge in [0.1, 0.15) is 5.65 Å². The van der Waals surface area contributed by atoms with Crippen LogP contribution in [0, 0.1) is 13.8 Å². The Kier molecular flexibility index (Phi) is 2.48. The molecule has 0 spiro atoms. The summed E-state index contributed by atoms with van der Waals surface area (Å²) in [5.41, 5.74) is 2.10. The Morgan fingerprint density at radius 3 is 2.73 bits per heavy atom. The second-order valence-corrected chi connectivity index (χ2v) is 4.11. The van der Waals surface area contributed by atoms with E-state index in [1.54, 1.807) is 6.92 Å². The van der Waals surface area contributed by atoms with Gasteiger partial charge in [0.2, 0.25) is 0 Å². The SMILES string of the molecule is CSc1nc(C)c2cc(C)c(=O)[nH]c2n1. The lowest BCUT2D eigenvalue weighted by Gasteiger charge is -2.03. The van der Waals surface area contributed by atoms with Crippen molar-refractivity contribution in [2.24, 2.45) is 0 Å². The molecule has 2 heterocycles. The smallest absolute Gasteiger partial charge is 0.252 e. The molecule has 0 aliphatic heterocycles. The predicted molar refractivity (Wildman–Crippen MR) is 61.4 cm³/mol. The van der Waals surface area contributed by atoms with Crippen LogP contribution in [0.5, 0.6) is 0 Å². The number of hydrogen-bond donors (Lipinski definition) is 1. The van der Waals surface area contributed by atoms with Gasteiger partial charge in [0.25, 0.3) is 5.56 Å². The summed E-state index contributed by atoms with van der Waals surface area (Å²) in [7, 11) is 0. The Labute approximate surface area is 91.2 Å². The number of nitrogens with one attached hydrogen (secondary N) is 1. The van der Waals surface area contributed by atoms with Crippen LogP contribution in [0.2, 0.25) is 0 Å². The lowest BCUT2D eigenvalue weighted by Crippen LogP contribution is -2.10. The monoisotopic (exact) mass is 221 g/mol. The van der Waals surface area contributed by atoms with E-state index in [1.807, 2.05) is 19.2 Å². The molecule has 2 rings (SSSR count). The zero-order valence-electron chi connectivity index (χ0n) is 8.79. The second kappa shape index (κ2) is 3.66. The minimum absolute atomic E-state index is 0.0901. The summed E-state index contributed by atoms with van der Waals surface area (Å²) in [4.78, 5) is 22.7.